The predicted octanol–water partition coefficient (Wildman–Crippen LogP) is 0.392. The van der Waals surface area contributed by atoms with Crippen LogP contribution in [-0.2, 0) is 0 Å². The molecule has 1 saturated heterocycles. The van der Waals surface area contributed by atoms with Crippen LogP contribution < -0.4 is 25.0 Å². The summed E-state index contributed by atoms with van der Waals surface area (Å²) in [5.41, 5.74) is 6.66. The molecule has 25 heavy (non-hydrogen) atoms. The van der Waals surface area contributed by atoms with Crippen molar-refractivity contribution < 1.29 is 20.1 Å². The minimum atomic E-state index is 0.371. The second kappa shape index (κ2) is 8.23. The average Bonchev–Trinajstić information content (AvgIpc) is 2.69. The minimum absolute atomic E-state index is 0.371. The monoisotopic (exact) mass is 343 g/mol. The van der Waals surface area contributed by atoms with Crippen LogP contribution in [0.2, 0.25) is 0 Å². The Morgan fingerprint density at radius 1 is 0.960 bits per heavy atom. The van der Waals surface area contributed by atoms with Crippen molar-refractivity contribution in [3.63, 3.8) is 0 Å². The molecule has 1 aliphatic rings. The van der Waals surface area contributed by atoms with Gasteiger partial charge in [-0.15, -0.1) is 0 Å². The van der Waals surface area contributed by atoms with Gasteiger partial charge in [0, 0.05) is 0 Å². The van der Waals surface area contributed by atoms with Crippen molar-refractivity contribution in [1.82, 2.24) is 0 Å². The predicted molar refractivity (Wildman–Crippen MR) is 99.4 cm³/mol. The van der Waals surface area contributed by atoms with E-state index in [-0.39, 0.29) is 0 Å². The van der Waals surface area contributed by atoms with Gasteiger partial charge in [0.1, 0.15) is 18.0 Å². The maximum atomic E-state index is 5.57. The van der Waals surface area contributed by atoms with Crippen LogP contribution >= 0.6 is 0 Å². The first-order valence-corrected chi connectivity index (χ1v) is 8.93. The second-order valence-corrected chi connectivity index (χ2v) is 6.40. The number of para-hydroxylation sites is 3. The number of piperazine rings is 1. The SMILES string of the molecule is COc1ccccc1[C@@H](C[NH3+])[NH+]1CCN(c2ccccc2OC)CC1. The molecule has 3 rings (SSSR count). The van der Waals surface area contributed by atoms with Crippen LogP contribution in [0.4, 0.5) is 5.69 Å². The number of hydrogen-bond acceptors (Lipinski definition) is 3. The first kappa shape index (κ1) is 17.6. The van der Waals surface area contributed by atoms with Gasteiger partial charge in [0.2, 0.25) is 0 Å². The summed E-state index contributed by atoms with van der Waals surface area (Å²) in [6.07, 6.45) is 0. The van der Waals surface area contributed by atoms with Gasteiger partial charge in [-0.05, 0) is 24.3 Å². The molecule has 0 aliphatic carbocycles. The molecule has 4 N–H and O–H groups in total. The van der Waals surface area contributed by atoms with Crippen LogP contribution in [0.25, 0.3) is 0 Å². The molecule has 2 aromatic carbocycles. The normalized spacial score (nSPS) is 16.5. The lowest BCUT2D eigenvalue weighted by Crippen LogP contribution is -3.16. The number of anilines is 1. The van der Waals surface area contributed by atoms with E-state index in [4.69, 9.17) is 9.47 Å². The molecule has 0 aromatic heterocycles. The standard InChI is InChI=1S/C20H27N3O2/c1-24-19-9-5-3-7-16(19)18(15-21)23-13-11-22(12-14-23)17-8-4-6-10-20(17)25-2/h3-10,18H,11-15,21H2,1-2H3/p+2/t18-/m1/s1. The first-order chi connectivity index (χ1) is 12.3. The van der Waals surface area contributed by atoms with Crippen LogP contribution in [0.15, 0.2) is 48.5 Å². The third kappa shape index (κ3) is 3.72. The number of benzene rings is 2. The Morgan fingerprint density at radius 2 is 1.56 bits per heavy atom. The number of ether oxygens (including phenoxy) is 2. The first-order valence-electron chi connectivity index (χ1n) is 8.93. The van der Waals surface area contributed by atoms with Crippen molar-refractivity contribution in [2.45, 2.75) is 6.04 Å². The van der Waals surface area contributed by atoms with E-state index < -0.39 is 0 Å². The van der Waals surface area contributed by atoms with Gasteiger partial charge in [-0.25, -0.2) is 0 Å². The fourth-order valence-electron chi connectivity index (χ4n) is 3.81. The number of methoxy groups -OCH3 is 2. The summed E-state index contributed by atoms with van der Waals surface area (Å²) < 4.78 is 11.1. The Balaban J connectivity index is 1.72. The summed E-state index contributed by atoms with van der Waals surface area (Å²) in [4.78, 5) is 4.00. The van der Waals surface area contributed by atoms with Crippen LogP contribution in [0.3, 0.4) is 0 Å². The molecule has 0 bridgehead atoms. The van der Waals surface area contributed by atoms with Crippen LogP contribution in [-0.4, -0.2) is 46.9 Å². The van der Waals surface area contributed by atoms with Gasteiger partial charge in [-0.1, -0.05) is 24.3 Å². The zero-order valence-corrected chi connectivity index (χ0v) is 15.2. The van der Waals surface area contributed by atoms with Gasteiger partial charge in [0.05, 0.1) is 51.6 Å². The number of nitrogens with one attached hydrogen (secondary N) is 1. The van der Waals surface area contributed by atoms with Gasteiger partial charge in [0.25, 0.3) is 0 Å². The Kier molecular flexibility index (Phi) is 5.79. The van der Waals surface area contributed by atoms with Gasteiger partial charge < -0.3 is 25.0 Å². The molecule has 0 amide bonds. The van der Waals surface area contributed by atoms with Crippen LogP contribution in [0.1, 0.15) is 11.6 Å². The highest BCUT2D eigenvalue weighted by molar-refractivity contribution is 5.58. The third-order valence-corrected chi connectivity index (χ3v) is 5.13. The van der Waals surface area contributed by atoms with E-state index in [2.05, 4.69) is 34.9 Å². The van der Waals surface area contributed by atoms with Crippen molar-refractivity contribution in [2.24, 2.45) is 0 Å². The summed E-state index contributed by atoms with van der Waals surface area (Å²) in [5.74, 6) is 1.92. The zero-order valence-electron chi connectivity index (χ0n) is 15.2. The molecule has 1 aliphatic heterocycles. The minimum Gasteiger partial charge on any atom is -0.496 e. The lowest BCUT2D eigenvalue weighted by molar-refractivity contribution is -0.938. The Labute approximate surface area is 149 Å². The lowest BCUT2D eigenvalue weighted by Gasteiger charge is -2.37. The molecule has 0 spiro atoms. The molecule has 1 atom stereocenters. The van der Waals surface area contributed by atoms with Crippen molar-refractivity contribution in [3.05, 3.63) is 54.1 Å². The Bertz CT molecular complexity index is 684. The molecule has 5 nitrogen and oxygen atoms in total. The van der Waals surface area contributed by atoms with E-state index in [0.717, 1.165) is 44.2 Å². The summed E-state index contributed by atoms with van der Waals surface area (Å²) in [7, 11) is 3.48. The average molecular weight is 343 g/mol. The lowest BCUT2D eigenvalue weighted by atomic mass is 10.0. The van der Waals surface area contributed by atoms with E-state index in [1.807, 2.05) is 24.3 Å². The van der Waals surface area contributed by atoms with E-state index in [0.29, 0.717) is 6.04 Å². The molecule has 2 aromatic rings. The van der Waals surface area contributed by atoms with E-state index in [1.165, 1.54) is 11.3 Å². The van der Waals surface area contributed by atoms with E-state index >= 15 is 0 Å². The molecule has 0 unspecified atom stereocenters. The van der Waals surface area contributed by atoms with Gasteiger partial charge in [-0.2, -0.15) is 0 Å². The number of hydrogen-bond donors (Lipinski definition) is 2. The molecule has 1 fully saturated rings. The molecular weight excluding hydrogens is 314 g/mol. The molecule has 134 valence electrons. The number of quaternary nitrogens is 2. The molecule has 5 heteroatoms. The molecule has 0 saturated carbocycles. The van der Waals surface area contributed by atoms with Crippen LogP contribution in [0.5, 0.6) is 11.5 Å². The zero-order chi connectivity index (χ0) is 17.6. The van der Waals surface area contributed by atoms with Crippen LogP contribution in [0, 0.1) is 0 Å². The summed E-state index contributed by atoms with van der Waals surface area (Å²) in [6, 6.07) is 17.0. The van der Waals surface area contributed by atoms with Crippen molar-refractivity contribution in [3.8, 4) is 11.5 Å². The topological polar surface area (TPSA) is 53.8 Å². The summed E-state index contributed by atoms with van der Waals surface area (Å²) >= 11 is 0. The largest absolute Gasteiger partial charge is 0.496 e. The van der Waals surface area contributed by atoms with Crippen molar-refractivity contribution in [1.29, 1.82) is 0 Å². The van der Waals surface area contributed by atoms with Gasteiger partial charge >= 0.3 is 0 Å². The fourth-order valence-corrected chi connectivity index (χ4v) is 3.81. The molecule has 0 radical (unpaired) electrons. The van der Waals surface area contributed by atoms with Crippen molar-refractivity contribution in [2.75, 3.05) is 51.8 Å². The smallest absolute Gasteiger partial charge is 0.166 e. The third-order valence-electron chi connectivity index (χ3n) is 5.13. The highest BCUT2D eigenvalue weighted by Gasteiger charge is 2.31. The summed E-state index contributed by atoms with van der Waals surface area (Å²) in [6.45, 7) is 5.06. The summed E-state index contributed by atoms with van der Waals surface area (Å²) in [5, 5.41) is 0. The highest BCUT2D eigenvalue weighted by Crippen LogP contribution is 2.28. The molecule has 1 heterocycles. The highest BCUT2D eigenvalue weighted by atomic mass is 16.5. The Morgan fingerprint density at radius 3 is 2.20 bits per heavy atom. The van der Waals surface area contributed by atoms with Crippen molar-refractivity contribution >= 4 is 5.69 Å². The van der Waals surface area contributed by atoms with Gasteiger partial charge in [0.15, 0.2) is 6.04 Å². The second-order valence-electron chi connectivity index (χ2n) is 6.40. The number of rotatable bonds is 6. The maximum absolute atomic E-state index is 5.57. The number of nitrogens with zero attached hydrogens (tertiary/aromatic N) is 1. The molecular formula is C20H29N3O2+2. The van der Waals surface area contributed by atoms with E-state index in [9.17, 15) is 0 Å². The quantitative estimate of drug-likeness (QED) is 0.798. The maximum Gasteiger partial charge on any atom is 0.166 e. The Hall–Kier alpha value is -2.24. The fraction of sp³-hybridized carbons (Fsp3) is 0.400. The van der Waals surface area contributed by atoms with Gasteiger partial charge in [-0.3, -0.25) is 0 Å². The van der Waals surface area contributed by atoms with E-state index in [1.54, 1.807) is 19.1 Å².